The van der Waals surface area contributed by atoms with Crippen molar-refractivity contribution in [3.63, 3.8) is 0 Å². The fourth-order valence-electron chi connectivity index (χ4n) is 1.46. The van der Waals surface area contributed by atoms with Crippen molar-refractivity contribution in [2.24, 2.45) is 5.73 Å². The maximum absolute atomic E-state index is 13.0. The minimum atomic E-state index is -0.293. The van der Waals surface area contributed by atoms with Crippen LogP contribution in [0.15, 0.2) is 16.6 Å². The summed E-state index contributed by atoms with van der Waals surface area (Å²) in [4.78, 5) is 0. The van der Waals surface area contributed by atoms with Gasteiger partial charge in [0.2, 0.25) is 0 Å². The van der Waals surface area contributed by atoms with E-state index in [0.29, 0.717) is 10.2 Å². The second kappa shape index (κ2) is 2.96. The van der Waals surface area contributed by atoms with Gasteiger partial charge < -0.3 is 10.5 Å². The molecule has 1 aromatic carbocycles. The first-order chi connectivity index (χ1) is 6.09. The molecule has 70 valence electrons. The van der Waals surface area contributed by atoms with E-state index in [2.05, 4.69) is 15.9 Å². The summed E-state index contributed by atoms with van der Waals surface area (Å²) in [7, 11) is 0. The zero-order valence-electron chi connectivity index (χ0n) is 7.05. The molecule has 0 bridgehead atoms. The van der Waals surface area contributed by atoms with Gasteiger partial charge in [-0.2, -0.15) is 0 Å². The molecule has 1 aromatic rings. The number of halogens is 2. The second-order valence-corrected chi connectivity index (χ2v) is 4.01. The maximum Gasteiger partial charge on any atom is 0.139 e. The number of fused-ring (bicyclic) bond motifs is 1. The molecule has 0 fully saturated rings. The summed E-state index contributed by atoms with van der Waals surface area (Å²) in [6, 6.07) is 2.57. The molecule has 4 heteroatoms. The smallest absolute Gasteiger partial charge is 0.139 e. The number of benzene rings is 1. The summed E-state index contributed by atoms with van der Waals surface area (Å²) in [5.41, 5.74) is 6.55. The van der Waals surface area contributed by atoms with E-state index < -0.39 is 0 Å². The molecule has 2 rings (SSSR count). The molecule has 2 N–H and O–H groups in total. The molecule has 1 aliphatic heterocycles. The molecule has 0 spiro atoms. The van der Waals surface area contributed by atoms with Crippen molar-refractivity contribution in [1.29, 1.82) is 0 Å². The van der Waals surface area contributed by atoms with Crippen LogP contribution in [-0.4, -0.2) is 6.10 Å². The van der Waals surface area contributed by atoms with E-state index in [-0.39, 0.29) is 18.0 Å². The predicted octanol–water partition coefficient (Wildman–Crippen LogP) is 2.37. The summed E-state index contributed by atoms with van der Waals surface area (Å²) in [5, 5.41) is 0. The summed E-state index contributed by atoms with van der Waals surface area (Å²) in [6.45, 7) is 1.87. The van der Waals surface area contributed by atoms with Gasteiger partial charge in [0.15, 0.2) is 0 Å². The van der Waals surface area contributed by atoms with Crippen LogP contribution in [0.25, 0.3) is 0 Å². The average Bonchev–Trinajstić information content (AvgIpc) is 2.32. The second-order valence-electron chi connectivity index (χ2n) is 3.15. The summed E-state index contributed by atoms with van der Waals surface area (Å²) >= 11 is 3.23. The Morgan fingerprint density at radius 1 is 1.54 bits per heavy atom. The average molecular weight is 246 g/mol. The van der Waals surface area contributed by atoms with E-state index in [4.69, 9.17) is 10.5 Å². The van der Waals surface area contributed by atoms with Gasteiger partial charge in [-0.05, 0) is 35.0 Å². The normalized spacial score (nSPS) is 25.5. The molecule has 1 aliphatic rings. The maximum atomic E-state index is 13.0. The van der Waals surface area contributed by atoms with Gasteiger partial charge in [0.1, 0.15) is 17.7 Å². The SMILES string of the molecule is CC1Oc2c(Br)cc(F)cc2C1N. The number of hydrogen-bond acceptors (Lipinski definition) is 2. The van der Waals surface area contributed by atoms with E-state index in [0.717, 1.165) is 5.56 Å². The van der Waals surface area contributed by atoms with Crippen LogP contribution >= 0.6 is 15.9 Å². The highest BCUT2D eigenvalue weighted by molar-refractivity contribution is 9.10. The molecule has 0 aromatic heterocycles. The highest BCUT2D eigenvalue weighted by Gasteiger charge is 2.30. The largest absolute Gasteiger partial charge is 0.487 e. The van der Waals surface area contributed by atoms with Crippen LogP contribution in [0.5, 0.6) is 5.75 Å². The minimum Gasteiger partial charge on any atom is -0.487 e. The van der Waals surface area contributed by atoms with Crippen LogP contribution in [0, 0.1) is 5.82 Å². The fourth-order valence-corrected chi connectivity index (χ4v) is 2.01. The first kappa shape index (κ1) is 8.97. The van der Waals surface area contributed by atoms with Gasteiger partial charge in [-0.3, -0.25) is 0 Å². The lowest BCUT2D eigenvalue weighted by molar-refractivity contribution is 0.227. The van der Waals surface area contributed by atoms with E-state index in [9.17, 15) is 4.39 Å². The van der Waals surface area contributed by atoms with Gasteiger partial charge in [0.05, 0.1) is 10.5 Å². The van der Waals surface area contributed by atoms with Crippen molar-refractivity contribution in [1.82, 2.24) is 0 Å². The van der Waals surface area contributed by atoms with Gasteiger partial charge >= 0.3 is 0 Å². The van der Waals surface area contributed by atoms with Crippen LogP contribution < -0.4 is 10.5 Å². The molecule has 2 nitrogen and oxygen atoms in total. The molecule has 13 heavy (non-hydrogen) atoms. The van der Waals surface area contributed by atoms with Crippen LogP contribution in [-0.2, 0) is 0 Å². The zero-order chi connectivity index (χ0) is 9.59. The quantitative estimate of drug-likeness (QED) is 0.762. The number of nitrogens with two attached hydrogens (primary N) is 1. The summed E-state index contributed by atoms with van der Waals surface area (Å²) in [5.74, 6) is 0.375. The van der Waals surface area contributed by atoms with Crippen LogP contribution in [0.3, 0.4) is 0 Å². The molecule has 0 amide bonds. The fraction of sp³-hybridized carbons (Fsp3) is 0.333. The lowest BCUT2D eigenvalue weighted by Gasteiger charge is -2.07. The molecular weight excluding hydrogens is 237 g/mol. The minimum absolute atomic E-state index is 0.0897. The van der Waals surface area contributed by atoms with Gasteiger partial charge in [0.25, 0.3) is 0 Å². The Morgan fingerprint density at radius 3 is 2.92 bits per heavy atom. The monoisotopic (exact) mass is 245 g/mol. The van der Waals surface area contributed by atoms with E-state index in [1.807, 2.05) is 6.92 Å². The van der Waals surface area contributed by atoms with Crippen molar-refractivity contribution in [3.05, 3.63) is 28.0 Å². The highest BCUT2D eigenvalue weighted by atomic mass is 79.9. The molecule has 1 heterocycles. The third kappa shape index (κ3) is 1.34. The van der Waals surface area contributed by atoms with Gasteiger partial charge in [-0.1, -0.05) is 0 Å². The van der Waals surface area contributed by atoms with Crippen molar-refractivity contribution >= 4 is 15.9 Å². The standard InChI is InChI=1S/C9H9BrFNO/c1-4-8(12)6-2-5(11)3-7(10)9(6)13-4/h2-4,8H,12H2,1H3. The van der Waals surface area contributed by atoms with E-state index >= 15 is 0 Å². The van der Waals surface area contributed by atoms with E-state index in [1.165, 1.54) is 12.1 Å². The van der Waals surface area contributed by atoms with Gasteiger partial charge in [-0.15, -0.1) is 0 Å². The molecule has 2 atom stereocenters. The van der Waals surface area contributed by atoms with Crippen molar-refractivity contribution in [3.8, 4) is 5.75 Å². The molecular formula is C9H9BrFNO. The molecule has 2 unspecified atom stereocenters. The molecule has 0 radical (unpaired) electrons. The summed E-state index contributed by atoms with van der Waals surface area (Å²) < 4.78 is 19.1. The first-order valence-corrected chi connectivity index (χ1v) is 4.80. The van der Waals surface area contributed by atoms with Crippen LogP contribution in [0.2, 0.25) is 0 Å². The van der Waals surface area contributed by atoms with Crippen molar-refractivity contribution < 1.29 is 9.13 Å². The van der Waals surface area contributed by atoms with Crippen LogP contribution in [0.1, 0.15) is 18.5 Å². The molecule has 0 saturated carbocycles. The lowest BCUT2D eigenvalue weighted by Crippen LogP contribution is -2.21. The predicted molar refractivity (Wildman–Crippen MR) is 51.1 cm³/mol. The Balaban J connectivity index is 2.57. The van der Waals surface area contributed by atoms with Crippen molar-refractivity contribution in [2.75, 3.05) is 0 Å². The van der Waals surface area contributed by atoms with Crippen LogP contribution in [0.4, 0.5) is 4.39 Å². The molecule has 0 saturated heterocycles. The Hall–Kier alpha value is -0.610. The number of hydrogen-bond donors (Lipinski definition) is 1. The summed E-state index contributed by atoms with van der Waals surface area (Å²) in [6.07, 6.45) is -0.0897. The van der Waals surface area contributed by atoms with Gasteiger partial charge in [0, 0.05) is 5.56 Å². The number of rotatable bonds is 0. The molecule has 0 aliphatic carbocycles. The Morgan fingerprint density at radius 2 is 2.23 bits per heavy atom. The van der Waals surface area contributed by atoms with Crippen molar-refractivity contribution in [2.45, 2.75) is 19.1 Å². The van der Waals surface area contributed by atoms with E-state index in [1.54, 1.807) is 0 Å². The first-order valence-electron chi connectivity index (χ1n) is 4.01. The lowest BCUT2D eigenvalue weighted by atomic mass is 10.1. The third-order valence-corrected chi connectivity index (χ3v) is 2.79. The topological polar surface area (TPSA) is 35.2 Å². The Labute approximate surface area is 84.0 Å². The van der Waals surface area contributed by atoms with Gasteiger partial charge in [-0.25, -0.2) is 4.39 Å². The third-order valence-electron chi connectivity index (χ3n) is 2.21. The Kier molecular flexibility index (Phi) is 2.04. The zero-order valence-corrected chi connectivity index (χ0v) is 8.64. The number of ether oxygens (including phenoxy) is 1. The highest BCUT2D eigenvalue weighted by Crippen LogP contribution is 2.40. The Bertz CT molecular complexity index is 356.